The summed E-state index contributed by atoms with van der Waals surface area (Å²) in [5.41, 5.74) is 0.309. The van der Waals surface area contributed by atoms with Crippen LogP contribution in [0.3, 0.4) is 0 Å². The van der Waals surface area contributed by atoms with Crippen LogP contribution in [0.5, 0.6) is 0 Å². The van der Waals surface area contributed by atoms with Crippen molar-refractivity contribution in [1.29, 1.82) is 5.41 Å². The average Bonchev–Trinajstić information content (AvgIpc) is 1.59. The van der Waals surface area contributed by atoms with Crippen LogP contribution in [0.25, 0.3) is 0 Å². The van der Waals surface area contributed by atoms with Gasteiger partial charge in [0, 0.05) is 12.1 Å². The Hall–Kier alpha value is -0.540. The zero-order valence-corrected chi connectivity index (χ0v) is 5.76. The van der Waals surface area contributed by atoms with Crippen molar-refractivity contribution in [1.82, 2.24) is 0 Å². The number of nitrogens with one attached hydrogen (secondary N) is 1. The van der Waals surface area contributed by atoms with E-state index >= 15 is 0 Å². The van der Waals surface area contributed by atoms with Crippen LogP contribution in [0, 0.1) is 5.41 Å². The van der Waals surface area contributed by atoms with Gasteiger partial charge in [-0.25, -0.2) is 0 Å². The van der Waals surface area contributed by atoms with Crippen LogP contribution in [0.15, 0.2) is 0 Å². The second-order valence-electron chi connectivity index (χ2n) is 2.25. The molecule has 0 rings (SSSR count). The molecule has 0 atom stereocenters. The minimum Gasteiger partial charge on any atom is -0.310 e. The first kappa shape index (κ1) is 9.46. The van der Waals surface area contributed by atoms with Crippen molar-refractivity contribution in [3.63, 3.8) is 0 Å². The van der Waals surface area contributed by atoms with Gasteiger partial charge in [-0.1, -0.05) is 0 Å². The summed E-state index contributed by atoms with van der Waals surface area (Å²) < 4.78 is 34.3. The lowest BCUT2D eigenvalue weighted by atomic mass is 10.2. The molecule has 0 aromatic heterocycles. The molecular formula is C6H10F3N. The highest BCUT2D eigenvalue weighted by molar-refractivity contribution is 5.78. The molecule has 0 aliphatic carbocycles. The largest absolute Gasteiger partial charge is 0.389 e. The highest BCUT2D eigenvalue weighted by atomic mass is 19.4. The van der Waals surface area contributed by atoms with E-state index in [4.69, 9.17) is 5.41 Å². The molecule has 0 saturated heterocycles. The predicted octanol–water partition coefficient (Wildman–Crippen LogP) is 2.76. The fourth-order valence-corrected chi connectivity index (χ4v) is 0.554. The second-order valence-corrected chi connectivity index (χ2v) is 2.25. The maximum absolute atomic E-state index is 11.4. The molecule has 10 heavy (non-hydrogen) atoms. The summed E-state index contributed by atoms with van der Waals surface area (Å²) in [6.45, 7) is 1.51. The van der Waals surface area contributed by atoms with Gasteiger partial charge in [0.2, 0.25) is 0 Å². The van der Waals surface area contributed by atoms with Gasteiger partial charge in [-0.3, -0.25) is 0 Å². The summed E-state index contributed by atoms with van der Waals surface area (Å²) in [5, 5.41) is 6.83. The Bertz CT molecular complexity index is 117. The topological polar surface area (TPSA) is 23.9 Å². The van der Waals surface area contributed by atoms with Gasteiger partial charge in [0.05, 0.1) is 0 Å². The molecule has 0 heterocycles. The summed E-state index contributed by atoms with van der Waals surface area (Å²) in [6, 6.07) is 0. The van der Waals surface area contributed by atoms with Crippen molar-refractivity contribution in [3.8, 4) is 0 Å². The molecular weight excluding hydrogens is 143 g/mol. The third-order valence-corrected chi connectivity index (χ3v) is 1.01. The lowest BCUT2D eigenvalue weighted by Crippen LogP contribution is -2.07. The number of hydrogen-bond acceptors (Lipinski definition) is 1. The standard InChI is InChI=1S/C6H10F3N/c1-5(10)3-2-4-6(7,8)9/h10H,2-4H2,1H3. The van der Waals surface area contributed by atoms with Gasteiger partial charge < -0.3 is 5.41 Å². The first-order valence-corrected chi connectivity index (χ1v) is 3.02. The minimum atomic E-state index is -4.06. The molecule has 0 aliphatic heterocycles. The molecule has 0 bridgehead atoms. The van der Waals surface area contributed by atoms with E-state index in [1.54, 1.807) is 0 Å². The molecule has 1 N–H and O–H groups in total. The predicted molar refractivity (Wildman–Crippen MR) is 33.3 cm³/mol. The van der Waals surface area contributed by atoms with Gasteiger partial charge in [-0.05, 0) is 19.8 Å². The van der Waals surface area contributed by atoms with Gasteiger partial charge >= 0.3 is 6.18 Å². The molecule has 0 aromatic rings. The van der Waals surface area contributed by atoms with Crippen molar-refractivity contribution in [2.45, 2.75) is 32.4 Å². The lowest BCUT2D eigenvalue weighted by molar-refractivity contribution is -0.135. The Kier molecular flexibility index (Phi) is 3.39. The van der Waals surface area contributed by atoms with Crippen LogP contribution in [-0.2, 0) is 0 Å². The molecule has 0 fully saturated rings. The van der Waals surface area contributed by atoms with Crippen LogP contribution in [0.4, 0.5) is 13.2 Å². The van der Waals surface area contributed by atoms with Crippen molar-refractivity contribution in [2.75, 3.05) is 0 Å². The molecule has 0 spiro atoms. The third-order valence-electron chi connectivity index (χ3n) is 1.01. The highest BCUT2D eigenvalue weighted by Crippen LogP contribution is 2.21. The smallest absolute Gasteiger partial charge is 0.310 e. The van der Waals surface area contributed by atoms with Crippen LogP contribution >= 0.6 is 0 Å². The van der Waals surface area contributed by atoms with Crippen molar-refractivity contribution >= 4 is 5.71 Å². The molecule has 0 saturated carbocycles. The minimum absolute atomic E-state index is 0.0405. The zero-order valence-electron chi connectivity index (χ0n) is 5.76. The van der Waals surface area contributed by atoms with E-state index in [-0.39, 0.29) is 12.8 Å². The van der Waals surface area contributed by atoms with Crippen LogP contribution < -0.4 is 0 Å². The van der Waals surface area contributed by atoms with Crippen LogP contribution in [0.2, 0.25) is 0 Å². The van der Waals surface area contributed by atoms with Crippen LogP contribution in [-0.4, -0.2) is 11.9 Å². The van der Waals surface area contributed by atoms with E-state index in [1.165, 1.54) is 6.92 Å². The van der Waals surface area contributed by atoms with Gasteiger partial charge in [0.25, 0.3) is 0 Å². The molecule has 0 unspecified atom stereocenters. The van der Waals surface area contributed by atoms with Crippen molar-refractivity contribution in [2.24, 2.45) is 0 Å². The van der Waals surface area contributed by atoms with Gasteiger partial charge in [-0.15, -0.1) is 0 Å². The maximum atomic E-state index is 11.4. The monoisotopic (exact) mass is 153 g/mol. The molecule has 1 nitrogen and oxygen atoms in total. The number of alkyl halides is 3. The van der Waals surface area contributed by atoms with Gasteiger partial charge in [-0.2, -0.15) is 13.2 Å². The Morgan fingerprint density at radius 3 is 2.20 bits per heavy atom. The number of rotatable bonds is 3. The fourth-order valence-electron chi connectivity index (χ4n) is 0.554. The molecule has 0 aromatic carbocycles. The lowest BCUT2D eigenvalue weighted by Gasteiger charge is -2.03. The summed E-state index contributed by atoms with van der Waals surface area (Å²) >= 11 is 0. The first-order chi connectivity index (χ1) is 4.42. The molecule has 60 valence electrons. The van der Waals surface area contributed by atoms with Crippen molar-refractivity contribution in [3.05, 3.63) is 0 Å². The average molecular weight is 153 g/mol. The molecule has 0 amide bonds. The SMILES string of the molecule is CC(=N)CCCC(F)(F)F. The Labute approximate surface area is 57.7 Å². The Morgan fingerprint density at radius 1 is 1.40 bits per heavy atom. The van der Waals surface area contributed by atoms with Gasteiger partial charge in [0.1, 0.15) is 0 Å². The summed E-state index contributed by atoms with van der Waals surface area (Å²) in [7, 11) is 0. The molecule has 0 aliphatic rings. The van der Waals surface area contributed by atoms with Crippen LogP contribution in [0.1, 0.15) is 26.2 Å². The first-order valence-electron chi connectivity index (χ1n) is 3.02. The van der Waals surface area contributed by atoms with Gasteiger partial charge in [0.15, 0.2) is 0 Å². The van der Waals surface area contributed by atoms with Crippen molar-refractivity contribution < 1.29 is 13.2 Å². The fraction of sp³-hybridized carbons (Fsp3) is 0.833. The van der Waals surface area contributed by atoms with E-state index in [0.717, 1.165) is 0 Å². The van der Waals surface area contributed by atoms with E-state index in [0.29, 0.717) is 5.71 Å². The number of halogens is 3. The normalized spacial score (nSPS) is 11.6. The van der Waals surface area contributed by atoms with E-state index < -0.39 is 12.6 Å². The van der Waals surface area contributed by atoms with E-state index in [1.807, 2.05) is 0 Å². The second kappa shape index (κ2) is 3.58. The zero-order chi connectivity index (χ0) is 8.20. The summed E-state index contributed by atoms with van der Waals surface area (Å²) in [4.78, 5) is 0. The molecule has 4 heteroatoms. The third kappa shape index (κ3) is 7.46. The summed E-state index contributed by atoms with van der Waals surface area (Å²) in [6.07, 6.45) is -4.54. The number of hydrogen-bond donors (Lipinski definition) is 1. The highest BCUT2D eigenvalue weighted by Gasteiger charge is 2.25. The quantitative estimate of drug-likeness (QED) is 0.603. The Balaban J connectivity index is 3.29. The van der Waals surface area contributed by atoms with E-state index in [9.17, 15) is 13.2 Å². The summed E-state index contributed by atoms with van der Waals surface area (Å²) in [5.74, 6) is 0. The maximum Gasteiger partial charge on any atom is 0.389 e. The van der Waals surface area contributed by atoms with E-state index in [2.05, 4.69) is 0 Å². The molecule has 0 radical (unpaired) electrons. The Morgan fingerprint density at radius 2 is 1.90 bits per heavy atom.